The zero-order chi connectivity index (χ0) is 16.6. The maximum atomic E-state index is 11.5. The fourth-order valence-corrected chi connectivity index (χ4v) is 3.24. The van der Waals surface area contributed by atoms with Gasteiger partial charge in [0, 0.05) is 0 Å². The number of methoxy groups -OCH3 is 2. The highest BCUT2D eigenvalue weighted by Crippen LogP contribution is 2.20. The van der Waals surface area contributed by atoms with Crippen LogP contribution < -0.4 is 0 Å². The summed E-state index contributed by atoms with van der Waals surface area (Å²) in [7, 11) is 1.28. The molecule has 0 aromatic carbocycles. The van der Waals surface area contributed by atoms with Gasteiger partial charge in [-0.2, -0.15) is 0 Å². The molecular formula is C16H28O4Si. The molecule has 0 saturated heterocycles. The predicted molar refractivity (Wildman–Crippen MR) is 87.6 cm³/mol. The molecule has 0 aromatic rings. The highest BCUT2D eigenvalue weighted by Gasteiger charge is 2.27. The van der Waals surface area contributed by atoms with Crippen molar-refractivity contribution in [3.05, 3.63) is 22.9 Å². The monoisotopic (exact) mass is 312 g/mol. The van der Waals surface area contributed by atoms with Crippen molar-refractivity contribution < 1.29 is 19.1 Å². The topological polar surface area (TPSA) is 52.6 Å². The van der Waals surface area contributed by atoms with E-state index in [-0.39, 0.29) is 0 Å². The molecule has 0 spiro atoms. The van der Waals surface area contributed by atoms with Gasteiger partial charge in [-0.1, -0.05) is 42.6 Å². The Labute approximate surface area is 129 Å². The van der Waals surface area contributed by atoms with Crippen LogP contribution in [0.1, 0.15) is 26.7 Å². The largest absolute Gasteiger partial charge is 0.468 e. The Hall–Kier alpha value is -1.36. The van der Waals surface area contributed by atoms with Crippen molar-refractivity contribution in [3.63, 3.8) is 0 Å². The molecule has 0 radical (unpaired) electrons. The predicted octanol–water partition coefficient (Wildman–Crippen LogP) is 3.50. The standard InChI is InChI=1S/C16H28O4Si/c1-12(13(2)21(5,6)7)10-8-9-11-14(15(17)19-3)16(18)20-4/h8-9,14H,10-11H2,1-7H3/b9-8+,13-12+. The fraction of sp³-hybridized carbons (Fsp3) is 0.625. The molecule has 0 fully saturated rings. The van der Waals surface area contributed by atoms with Gasteiger partial charge in [-0.05, 0) is 26.7 Å². The zero-order valence-electron chi connectivity index (χ0n) is 14.3. The summed E-state index contributed by atoms with van der Waals surface area (Å²) in [5.41, 5.74) is 1.36. The molecule has 5 heteroatoms. The van der Waals surface area contributed by atoms with Gasteiger partial charge >= 0.3 is 11.9 Å². The number of esters is 2. The molecule has 0 amide bonds. The number of ether oxygens (including phenoxy) is 2. The van der Waals surface area contributed by atoms with E-state index in [9.17, 15) is 9.59 Å². The molecule has 0 atom stereocenters. The van der Waals surface area contributed by atoms with Crippen molar-refractivity contribution in [1.29, 1.82) is 0 Å². The maximum Gasteiger partial charge on any atom is 0.320 e. The Kier molecular flexibility index (Phi) is 8.25. The summed E-state index contributed by atoms with van der Waals surface area (Å²) in [6.45, 7) is 11.3. The van der Waals surface area contributed by atoms with E-state index < -0.39 is 25.9 Å². The molecule has 0 aromatic heterocycles. The van der Waals surface area contributed by atoms with E-state index >= 15 is 0 Å². The summed E-state index contributed by atoms with van der Waals surface area (Å²) in [6.07, 6.45) is 4.99. The summed E-state index contributed by atoms with van der Waals surface area (Å²) >= 11 is 0. The molecule has 120 valence electrons. The van der Waals surface area contributed by atoms with E-state index in [1.54, 1.807) is 0 Å². The SMILES string of the molecule is COC(=O)C(C/C=C/C/C(C)=C(\C)[Si](C)(C)C)C(=O)OC. The number of carbonyl (C=O) groups excluding carboxylic acids is 2. The first kappa shape index (κ1) is 19.6. The average Bonchev–Trinajstić information content (AvgIpc) is 2.43. The van der Waals surface area contributed by atoms with Crippen LogP contribution in [0.4, 0.5) is 0 Å². The minimum atomic E-state index is -1.26. The smallest absolute Gasteiger partial charge is 0.320 e. The van der Waals surface area contributed by atoms with E-state index in [2.05, 4.69) is 43.0 Å². The molecule has 0 bridgehead atoms. The molecule has 0 heterocycles. The normalized spacial score (nSPS) is 13.3. The third-order valence-corrected chi connectivity index (χ3v) is 6.38. The zero-order valence-corrected chi connectivity index (χ0v) is 15.3. The van der Waals surface area contributed by atoms with Crippen LogP contribution >= 0.6 is 0 Å². The van der Waals surface area contributed by atoms with Crippen LogP contribution in [0, 0.1) is 5.92 Å². The van der Waals surface area contributed by atoms with Gasteiger partial charge in [0.1, 0.15) is 0 Å². The summed E-state index contributed by atoms with van der Waals surface area (Å²) in [5, 5.41) is 1.49. The Morgan fingerprint density at radius 1 is 1.00 bits per heavy atom. The van der Waals surface area contributed by atoms with Crippen LogP contribution in [0.2, 0.25) is 19.6 Å². The van der Waals surface area contributed by atoms with Gasteiger partial charge in [0.2, 0.25) is 0 Å². The lowest BCUT2D eigenvalue weighted by Crippen LogP contribution is -2.25. The fourth-order valence-electron chi connectivity index (χ4n) is 1.86. The highest BCUT2D eigenvalue weighted by atomic mass is 28.3. The van der Waals surface area contributed by atoms with Gasteiger partial charge < -0.3 is 9.47 Å². The lowest BCUT2D eigenvalue weighted by molar-refractivity contribution is -0.158. The van der Waals surface area contributed by atoms with Gasteiger partial charge in [0.15, 0.2) is 5.92 Å². The molecule has 0 aliphatic heterocycles. The molecular weight excluding hydrogens is 284 g/mol. The van der Waals surface area contributed by atoms with Gasteiger partial charge in [0.25, 0.3) is 0 Å². The molecule has 0 aliphatic rings. The van der Waals surface area contributed by atoms with Crippen molar-refractivity contribution in [2.75, 3.05) is 14.2 Å². The van der Waals surface area contributed by atoms with Crippen molar-refractivity contribution in [3.8, 4) is 0 Å². The summed E-state index contributed by atoms with van der Waals surface area (Å²) < 4.78 is 9.24. The molecule has 4 nitrogen and oxygen atoms in total. The lowest BCUT2D eigenvalue weighted by Gasteiger charge is -2.20. The highest BCUT2D eigenvalue weighted by molar-refractivity contribution is 6.83. The van der Waals surface area contributed by atoms with Crippen LogP contribution in [0.15, 0.2) is 22.9 Å². The van der Waals surface area contributed by atoms with Crippen molar-refractivity contribution in [2.24, 2.45) is 5.92 Å². The molecule has 0 aliphatic carbocycles. The molecule has 0 unspecified atom stereocenters. The number of hydrogen-bond acceptors (Lipinski definition) is 4. The van der Waals surface area contributed by atoms with Crippen molar-refractivity contribution in [2.45, 2.75) is 46.3 Å². The Bertz CT molecular complexity index is 414. The quantitative estimate of drug-likeness (QED) is 0.312. The van der Waals surface area contributed by atoms with E-state index in [1.165, 1.54) is 25.0 Å². The van der Waals surface area contributed by atoms with E-state index in [0.29, 0.717) is 6.42 Å². The number of carbonyl (C=O) groups is 2. The Morgan fingerprint density at radius 2 is 1.48 bits per heavy atom. The summed E-state index contributed by atoms with van der Waals surface area (Å²) in [4.78, 5) is 23.0. The van der Waals surface area contributed by atoms with E-state index in [1.807, 2.05) is 12.2 Å². The second kappa shape index (κ2) is 8.82. The van der Waals surface area contributed by atoms with Crippen molar-refractivity contribution >= 4 is 20.0 Å². The van der Waals surface area contributed by atoms with Gasteiger partial charge in [-0.3, -0.25) is 9.59 Å². The first-order valence-corrected chi connectivity index (χ1v) is 10.6. The minimum Gasteiger partial charge on any atom is -0.468 e. The van der Waals surface area contributed by atoms with E-state index in [0.717, 1.165) is 6.42 Å². The number of rotatable bonds is 7. The Morgan fingerprint density at radius 3 is 1.86 bits per heavy atom. The summed E-state index contributed by atoms with van der Waals surface area (Å²) in [6, 6.07) is 0. The third kappa shape index (κ3) is 6.75. The second-order valence-electron chi connectivity index (χ2n) is 6.17. The molecule has 0 rings (SSSR count). The van der Waals surface area contributed by atoms with Gasteiger partial charge in [0.05, 0.1) is 22.3 Å². The third-order valence-electron chi connectivity index (χ3n) is 3.70. The van der Waals surface area contributed by atoms with Crippen LogP contribution in [-0.2, 0) is 19.1 Å². The first-order chi connectivity index (χ1) is 9.65. The number of allylic oxidation sites excluding steroid dienone is 4. The minimum absolute atomic E-state index is 0.304. The lowest BCUT2D eigenvalue weighted by atomic mass is 10.1. The first-order valence-electron chi connectivity index (χ1n) is 7.12. The molecule has 0 saturated carbocycles. The van der Waals surface area contributed by atoms with Gasteiger partial charge in [-0.25, -0.2) is 0 Å². The van der Waals surface area contributed by atoms with Gasteiger partial charge in [-0.15, -0.1) is 0 Å². The molecule has 0 N–H and O–H groups in total. The van der Waals surface area contributed by atoms with Crippen LogP contribution in [0.25, 0.3) is 0 Å². The van der Waals surface area contributed by atoms with Crippen LogP contribution in [0.5, 0.6) is 0 Å². The van der Waals surface area contributed by atoms with Crippen LogP contribution in [0.3, 0.4) is 0 Å². The molecule has 21 heavy (non-hydrogen) atoms. The summed E-state index contributed by atoms with van der Waals surface area (Å²) in [5.74, 6) is -1.99. The average molecular weight is 312 g/mol. The maximum absolute atomic E-state index is 11.5. The second-order valence-corrected chi connectivity index (χ2v) is 11.4. The van der Waals surface area contributed by atoms with Crippen LogP contribution in [-0.4, -0.2) is 34.2 Å². The number of hydrogen-bond donors (Lipinski definition) is 0. The Balaban J connectivity index is 4.69. The van der Waals surface area contributed by atoms with E-state index in [4.69, 9.17) is 0 Å². The van der Waals surface area contributed by atoms with Crippen molar-refractivity contribution in [1.82, 2.24) is 0 Å².